The number of amides is 1. The van der Waals surface area contributed by atoms with E-state index in [2.05, 4.69) is 21.2 Å². The van der Waals surface area contributed by atoms with Crippen molar-refractivity contribution in [3.05, 3.63) is 28.2 Å². The van der Waals surface area contributed by atoms with Crippen LogP contribution in [0.15, 0.2) is 22.7 Å². The first-order chi connectivity index (χ1) is 9.42. The number of carboxylic acid groups (broad SMARTS) is 1. The monoisotopic (exact) mass is 343 g/mol. The van der Waals surface area contributed by atoms with Gasteiger partial charge in [0.05, 0.1) is 7.11 Å². The third-order valence-corrected chi connectivity index (χ3v) is 3.61. The minimum absolute atomic E-state index is 0.0204. The van der Waals surface area contributed by atoms with Crippen molar-refractivity contribution >= 4 is 27.8 Å². The van der Waals surface area contributed by atoms with Crippen molar-refractivity contribution in [1.82, 2.24) is 5.32 Å². The zero-order chi connectivity index (χ0) is 15.1. The number of halogens is 1. The first-order valence-electron chi connectivity index (χ1n) is 6.23. The number of nitrogens with one attached hydrogen (secondary N) is 1. The molecule has 6 heteroatoms. The Hall–Kier alpha value is -1.56. The minimum atomic E-state index is -0.870. The van der Waals surface area contributed by atoms with Gasteiger partial charge >= 0.3 is 5.97 Å². The number of carbonyl (C=O) groups excluding carboxylic acids is 1. The van der Waals surface area contributed by atoms with Gasteiger partial charge in [0.15, 0.2) is 0 Å². The Labute approximate surface area is 126 Å². The third-order valence-electron chi connectivity index (χ3n) is 2.83. The summed E-state index contributed by atoms with van der Waals surface area (Å²) in [5.41, 5.74) is 0.966. The Morgan fingerprint density at radius 1 is 1.45 bits per heavy atom. The SMILES string of the molecule is COc1ccc(Br)c(CC(CCC(=O)O)NC(C)=O)c1. The molecule has 1 amide bonds. The molecule has 110 valence electrons. The molecule has 0 aliphatic rings. The van der Waals surface area contributed by atoms with E-state index in [-0.39, 0.29) is 18.4 Å². The maximum absolute atomic E-state index is 11.2. The Bertz CT molecular complexity index is 490. The van der Waals surface area contributed by atoms with Gasteiger partial charge in [0.25, 0.3) is 0 Å². The molecule has 0 fully saturated rings. The molecule has 0 heterocycles. The van der Waals surface area contributed by atoms with Gasteiger partial charge in [0, 0.05) is 23.9 Å². The van der Waals surface area contributed by atoms with Gasteiger partial charge < -0.3 is 15.2 Å². The van der Waals surface area contributed by atoms with Gasteiger partial charge in [-0.15, -0.1) is 0 Å². The van der Waals surface area contributed by atoms with Crippen LogP contribution < -0.4 is 10.1 Å². The van der Waals surface area contributed by atoms with Gasteiger partial charge in [-0.05, 0) is 36.6 Å². The van der Waals surface area contributed by atoms with Gasteiger partial charge in [-0.3, -0.25) is 9.59 Å². The molecule has 0 spiro atoms. The number of hydrogen-bond donors (Lipinski definition) is 2. The number of methoxy groups -OCH3 is 1. The van der Waals surface area contributed by atoms with Gasteiger partial charge in [-0.1, -0.05) is 15.9 Å². The fourth-order valence-corrected chi connectivity index (χ4v) is 2.32. The first kappa shape index (κ1) is 16.5. The summed E-state index contributed by atoms with van der Waals surface area (Å²) in [4.78, 5) is 21.9. The molecule has 1 unspecified atom stereocenters. The molecule has 0 aliphatic carbocycles. The summed E-state index contributed by atoms with van der Waals surface area (Å²) in [6.45, 7) is 1.42. The predicted octanol–water partition coefficient (Wildman–Crippen LogP) is 2.37. The van der Waals surface area contributed by atoms with Crippen LogP contribution in [-0.4, -0.2) is 30.1 Å². The van der Waals surface area contributed by atoms with E-state index in [1.165, 1.54) is 6.92 Å². The summed E-state index contributed by atoms with van der Waals surface area (Å²) < 4.78 is 6.07. The van der Waals surface area contributed by atoms with Crippen molar-refractivity contribution in [2.75, 3.05) is 7.11 Å². The standard InChI is InChI=1S/C14H18BrNO4/c1-9(17)16-11(3-6-14(18)19)7-10-8-12(20-2)4-5-13(10)15/h4-5,8,11H,3,6-7H2,1-2H3,(H,16,17)(H,18,19). The normalized spacial score (nSPS) is 11.8. The predicted molar refractivity (Wildman–Crippen MR) is 78.9 cm³/mol. The fourth-order valence-electron chi connectivity index (χ4n) is 1.91. The van der Waals surface area contributed by atoms with Crippen molar-refractivity contribution in [2.45, 2.75) is 32.2 Å². The summed E-state index contributed by atoms with van der Waals surface area (Å²) in [7, 11) is 1.59. The highest BCUT2D eigenvalue weighted by atomic mass is 79.9. The van der Waals surface area contributed by atoms with E-state index in [9.17, 15) is 9.59 Å². The minimum Gasteiger partial charge on any atom is -0.497 e. The van der Waals surface area contributed by atoms with E-state index in [1.807, 2.05) is 18.2 Å². The van der Waals surface area contributed by atoms with Crippen LogP contribution in [0.5, 0.6) is 5.75 Å². The maximum atomic E-state index is 11.2. The van der Waals surface area contributed by atoms with E-state index >= 15 is 0 Å². The number of carbonyl (C=O) groups is 2. The zero-order valence-electron chi connectivity index (χ0n) is 11.5. The van der Waals surface area contributed by atoms with Gasteiger partial charge in [-0.25, -0.2) is 0 Å². The van der Waals surface area contributed by atoms with Crippen LogP contribution in [0.25, 0.3) is 0 Å². The molecule has 1 atom stereocenters. The molecular formula is C14H18BrNO4. The van der Waals surface area contributed by atoms with Gasteiger partial charge in [0.1, 0.15) is 5.75 Å². The largest absolute Gasteiger partial charge is 0.497 e. The molecule has 0 bridgehead atoms. The molecule has 2 N–H and O–H groups in total. The van der Waals surface area contributed by atoms with Crippen LogP contribution in [0, 0.1) is 0 Å². The lowest BCUT2D eigenvalue weighted by molar-refractivity contribution is -0.137. The number of rotatable bonds is 7. The summed E-state index contributed by atoms with van der Waals surface area (Å²) in [5, 5.41) is 11.5. The molecular weight excluding hydrogens is 326 g/mol. The first-order valence-corrected chi connectivity index (χ1v) is 7.03. The van der Waals surface area contributed by atoms with E-state index < -0.39 is 5.97 Å². The van der Waals surface area contributed by atoms with Crippen LogP contribution in [0.1, 0.15) is 25.3 Å². The average Bonchev–Trinajstić information content (AvgIpc) is 2.37. The molecule has 1 rings (SSSR count). The van der Waals surface area contributed by atoms with Gasteiger partial charge in [0.2, 0.25) is 5.91 Å². The molecule has 0 aliphatic heterocycles. The number of ether oxygens (including phenoxy) is 1. The van der Waals surface area contributed by atoms with Crippen molar-refractivity contribution in [3.63, 3.8) is 0 Å². The fraction of sp³-hybridized carbons (Fsp3) is 0.429. The van der Waals surface area contributed by atoms with Crippen molar-refractivity contribution < 1.29 is 19.4 Å². The molecule has 1 aromatic carbocycles. The molecule has 20 heavy (non-hydrogen) atoms. The van der Waals surface area contributed by atoms with E-state index in [4.69, 9.17) is 9.84 Å². The maximum Gasteiger partial charge on any atom is 0.303 e. The lowest BCUT2D eigenvalue weighted by Crippen LogP contribution is -2.35. The quantitative estimate of drug-likeness (QED) is 0.796. The van der Waals surface area contributed by atoms with Crippen LogP contribution >= 0.6 is 15.9 Å². The molecule has 0 saturated heterocycles. The summed E-state index contributed by atoms with van der Waals surface area (Å²) >= 11 is 3.45. The van der Waals surface area contributed by atoms with Crippen molar-refractivity contribution in [1.29, 1.82) is 0 Å². The van der Waals surface area contributed by atoms with Crippen LogP contribution in [0.4, 0.5) is 0 Å². The van der Waals surface area contributed by atoms with Crippen LogP contribution in [-0.2, 0) is 16.0 Å². The molecule has 0 aromatic heterocycles. The average molecular weight is 344 g/mol. The molecule has 0 radical (unpaired) electrons. The second-order valence-electron chi connectivity index (χ2n) is 4.49. The smallest absolute Gasteiger partial charge is 0.303 e. The van der Waals surface area contributed by atoms with E-state index in [1.54, 1.807) is 7.11 Å². The van der Waals surface area contributed by atoms with Gasteiger partial charge in [-0.2, -0.15) is 0 Å². The summed E-state index contributed by atoms with van der Waals surface area (Å²) in [6, 6.07) is 5.36. The highest BCUT2D eigenvalue weighted by Crippen LogP contribution is 2.24. The van der Waals surface area contributed by atoms with Crippen LogP contribution in [0.3, 0.4) is 0 Å². The number of hydrogen-bond acceptors (Lipinski definition) is 3. The second-order valence-corrected chi connectivity index (χ2v) is 5.35. The molecule has 1 aromatic rings. The summed E-state index contributed by atoms with van der Waals surface area (Å²) in [6.07, 6.45) is 0.954. The Kier molecular flexibility index (Phi) is 6.51. The highest BCUT2D eigenvalue weighted by molar-refractivity contribution is 9.10. The molecule has 5 nitrogen and oxygen atoms in total. The Balaban J connectivity index is 2.81. The summed E-state index contributed by atoms with van der Waals surface area (Å²) in [5.74, 6) is -0.313. The lowest BCUT2D eigenvalue weighted by Gasteiger charge is -2.18. The van der Waals surface area contributed by atoms with Crippen LogP contribution in [0.2, 0.25) is 0 Å². The second kappa shape index (κ2) is 7.89. The zero-order valence-corrected chi connectivity index (χ0v) is 13.1. The van der Waals surface area contributed by atoms with E-state index in [0.717, 1.165) is 15.8 Å². The Morgan fingerprint density at radius 2 is 2.15 bits per heavy atom. The number of aliphatic carboxylic acids is 1. The Morgan fingerprint density at radius 3 is 2.70 bits per heavy atom. The highest BCUT2D eigenvalue weighted by Gasteiger charge is 2.15. The van der Waals surface area contributed by atoms with Crippen molar-refractivity contribution in [3.8, 4) is 5.75 Å². The van der Waals surface area contributed by atoms with Crippen molar-refractivity contribution in [2.24, 2.45) is 0 Å². The third kappa shape index (κ3) is 5.61. The number of carboxylic acids is 1. The topological polar surface area (TPSA) is 75.6 Å². The molecule has 0 saturated carbocycles. The lowest BCUT2D eigenvalue weighted by atomic mass is 10.0. The number of benzene rings is 1. The van der Waals surface area contributed by atoms with E-state index in [0.29, 0.717) is 12.8 Å².